The lowest BCUT2D eigenvalue weighted by Gasteiger charge is -2.10. The fraction of sp³-hybridized carbons (Fsp3) is 0.452. The van der Waals surface area contributed by atoms with Crippen LogP contribution in [0.2, 0.25) is 0 Å². The van der Waals surface area contributed by atoms with Crippen molar-refractivity contribution in [1.29, 1.82) is 0 Å². The molecule has 0 radical (unpaired) electrons. The predicted molar refractivity (Wildman–Crippen MR) is 293 cm³/mol. The van der Waals surface area contributed by atoms with Crippen LogP contribution >= 0.6 is 15.9 Å². The quantitative estimate of drug-likeness (QED) is 0.0218. The second kappa shape index (κ2) is 34.5. The van der Waals surface area contributed by atoms with Gasteiger partial charge in [-0.25, -0.2) is 19.2 Å². The molecule has 11 heteroatoms. The lowest BCUT2D eigenvalue weighted by molar-refractivity contribution is 0.0723. The third-order valence-corrected chi connectivity index (χ3v) is 13.2. The van der Waals surface area contributed by atoms with E-state index in [0.29, 0.717) is 40.3 Å². The molecule has 5 aromatic rings. The monoisotopic (exact) mass is 1060 g/mol. The molecule has 0 aliphatic heterocycles. The van der Waals surface area contributed by atoms with Gasteiger partial charge in [0.05, 0.1) is 39.9 Å². The molecule has 0 amide bonds. The van der Waals surface area contributed by atoms with Crippen LogP contribution in [-0.2, 0) is 0 Å². The number of hydrogen-bond donors (Lipinski definition) is 0. The van der Waals surface area contributed by atoms with Crippen LogP contribution < -0.4 is 28.4 Å². The highest BCUT2D eigenvalue weighted by molar-refractivity contribution is 9.10. The van der Waals surface area contributed by atoms with Crippen LogP contribution in [-0.4, -0.2) is 37.1 Å². The number of unbranched alkanes of at least 4 members (excludes halogenated alkanes) is 22. The van der Waals surface area contributed by atoms with Gasteiger partial charge < -0.3 is 28.4 Å². The summed E-state index contributed by atoms with van der Waals surface area (Å²) in [6.45, 7) is 5.76. The first-order chi connectivity index (χ1) is 35.7. The fourth-order valence-electron chi connectivity index (χ4n) is 8.27. The molecule has 5 aromatic carbocycles. The van der Waals surface area contributed by atoms with E-state index in [1.807, 2.05) is 0 Å². The van der Waals surface area contributed by atoms with E-state index in [1.165, 1.54) is 183 Å². The van der Waals surface area contributed by atoms with Gasteiger partial charge >= 0.3 is 23.9 Å². The highest BCUT2D eigenvalue weighted by Gasteiger charge is 2.16. The molecule has 0 N–H and O–H groups in total. The Bertz CT molecular complexity index is 2380. The zero-order chi connectivity index (χ0) is 51.7. The summed E-state index contributed by atoms with van der Waals surface area (Å²) in [5.41, 5.74) is 1.15. The SMILES string of the molecule is CCCCCCCCCCCCCCCCOc1ccc(C(=O)Oc2ccc(C(=O)Oc3cccc(OC(=O)c4ccc(OC(=O)c5ccc(OCCCCCCCCCCCC)cc5)cc4)c3)cc2)cc1Br. The van der Waals surface area contributed by atoms with Crippen LogP contribution in [0.1, 0.15) is 209 Å². The van der Waals surface area contributed by atoms with Crippen LogP contribution in [0.3, 0.4) is 0 Å². The van der Waals surface area contributed by atoms with Crippen molar-refractivity contribution in [3.05, 3.63) is 142 Å². The minimum Gasteiger partial charge on any atom is -0.494 e. The van der Waals surface area contributed by atoms with Gasteiger partial charge in [0.15, 0.2) is 0 Å². The van der Waals surface area contributed by atoms with Crippen LogP contribution in [0.5, 0.6) is 34.5 Å². The number of esters is 4. The summed E-state index contributed by atoms with van der Waals surface area (Å²) in [5, 5.41) is 0. The maximum atomic E-state index is 13.0. The lowest BCUT2D eigenvalue weighted by atomic mass is 10.0. The van der Waals surface area contributed by atoms with Crippen molar-refractivity contribution in [2.75, 3.05) is 13.2 Å². The van der Waals surface area contributed by atoms with Crippen LogP contribution in [0.15, 0.2) is 120 Å². The number of halogens is 1. The molecule has 0 atom stereocenters. The van der Waals surface area contributed by atoms with Gasteiger partial charge in [-0.3, -0.25) is 0 Å². The Labute approximate surface area is 443 Å². The topological polar surface area (TPSA) is 124 Å². The van der Waals surface area contributed by atoms with Crippen molar-refractivity contribution in [1.82, 2.24) is 0 Å². The Morgan fingerprint density at radius 2 is 0.644 bits per heavy atom. The Balaban J connectivity index is 0.958. The maximum absolute atomic E-state index is 13.0. The summed E-state index contributed by atoms with van der Waals surface area (Å²) in [4.78, 5) is 51.9. The number of rotatable bonds is 36. The molecule has 0 aliphatic rings. The summed E-state index contributed by atoms with van der Waals surface area (Å²) >= 11 is 3.53. The van der Waals surface area contributed by atoms with E-state index >= 15 is 0 Å². The molecule has 392 valence electrons. The smallest absolute Gasteiger partial charge is 0.343 e. The van der Waals surface area contributed by atoms with Crippen molar-refractivity contribution < 1.29 is 47.6 Å². The summed E-state index contributed by atoms with van der Waals surface area (Å²) < 4.78 is 34.7. The van der Waals surface area contributed by atoms with Crippen molar-refractivity contribution in [2.24, 2.45) is 0 Å². The zero-order valence-electron chi connectivity index (χ0n) is 43.3. The van der Waals surface area contributed by atoms with Crippen LogP contribution in [0.25, 0.3) is 0 Å². The number of ether oxygens (including phenoxy) is 6. The maximum Gasteiger partial charge on any atom is 0.343 e. The van der Waals surface area contributed by atoms with Gasteiger partial charge in [0, 0.05) is 6.07 Å². The van der Waals surface area contributed by atoms with E-state index in [1.54, 1.807) is 60.7 Å². The first-order valence-electron chi connectivity index (χ1n) is 27.1. The van der Waals surface area contributed by atoms with Gasteiger partial charge in [-0.1, -0.05) is 161 Å². The predicted octanol–water partition coefficient (Wildman–Crippen LogP) is 17.5. The summed E-state index contributed by atoms with van der Waals surface area (Å²) in [7, 11) is 0. The van der Waals surface area contributed by atoms with Crippen molar-refractivity contribution >= 4 is 39.8 Å². The zero-order valence-corrected chi connectivity index (χ0v) is 44.9. The molecule has 0 saturated carbocycles. The number of carbonyl (C=O) groups excluding carboxylic acids is 4. The highest BCUT2D eigenvalue weighted by atomic mass is 79.9. The minimum absolute atomic E-state index is 0.152. The number of carbonyl (C=O) groups is 4. The molecule has 0 spiro atoms. The summed E-state index contributed by atoms with van der Waals surface area (Å²) in [5.74, 6) is -0.231. The molecule has 5 rings (SSSR count). The summed E-state index contributed by atoms with van der Waals surface area (Å²) in [6, 6.07) is 30.1. The molecular formula is C62H77BrO10. The summed E-state index contributed by atoms with van der Waals surface area (Å²) in [6.07, 6.45) is 30.8. The standard InChI is InChI=1S/C62H77BrO10/c1-3-5-7-9-11-13-15-16-17-18-20-22-24-26-45-69-58-43-36-51(46-57(58)63)62(67)71-54-41-34-50(35-42-54)61(66)73-56-29-27-28-55(47-56)72-60(65)49-32-39-53(40-33-49)70-59(64)48-30-37-52(38-31-48)68-44-25-23-21-19-14-12-10-8-6-4-2/h27-43,46-47H,3-26,44-45H2,1-2H3. The Morgan fingerprint density at radius 3 is 1.03 bits per heavy atom. The second-order valence-corrected chi connectivity index (χ2v) is 19.6. The first kappa shape index (κ1) is 58.0. The van der Waals surface area contributed by atoms with E-state index < -0.39 is 23.9 Å². The van der Waals surface area contributed by atoms with E-state index in [2.05, 4.69) is 29.8 Å². The Hall–Kier alpha value is -5.94. The molecule has 0 fully saturated rings. The van der Waals surface area contributed by atoms with Crippen molar-refractivity contribution in [3.8, 4) is 34.5 Å². The molecular weight excluding hydrogens is 985 g/mol. The Morgan fingerprint density at radius 1 is 0.329 bits per heavy atom. The third kappa shape index (κ3) is 22.8. The van der Waals surface area contributed by atoms with Crippen molar-refractivity contribution in [3.63, 3.8) is 0 Å². The minimum atomic E-state index is -0.663. The average Bonchev–Trinajstić information content (AvgIpc) is 3.40. The normalized spacial score (nSPS) is 10.9. The molecule has 0 heterocycles. The molecule has 0 bridgehead atoms. The number of benzene rings is 5. The number of hydrogen-bond acceptors (Lipinski definition) is 10. The largest absolute Gasteiger partial charge is 0.494 e. The van der Waals surface area contributed by atoms with E-state index in [0.717, 1.165) is 25.7 Å². The first-order valence-corrected chi connectivity index (χ1v) is 27.9. The van der Waals surface area contributed by atoms with E-state index in [-0.39, 0.29) is 34.1 Å². The van der Waals surface area contributed by atoms with Gasteiger partial charge in [0.25, 0.3) is 0 Å². The van der Waals surface area contributed by atoms with Gasteiger partial charge in [-0.2, -0.15) is 0 Å². The van der Waals surface area contributed by atoms with Crippen LogP contribution in [0, 0.1) is 0 Å². The lowest BCUT2D eigenvalue weighted by Crippen LogP contribution is -2.11. The molecule has 10 nitrogen and oxygen atoms in total. The van der Waals surface area contributed by atoms with E-state index in [4.69, 9.17) is 28.4 Å². The van der Waals surface area contributed by atoms with Gasteiger partial charge in [0.1, 0.15) is 34.5 Å². The fourth-order valence-corrected chi connectivity index (χ4v) is 8.77. The Kier molecular flexibility index (Phi) is 27.4. The van der Waals surface area contributed by atoms with Gasteiger partial charge in [0.2, 0.25) is 0 Å². The molecule has 0 aromatic heterocycles. The van der Waals surface area contributed by atoms with Crippen LogP contribution in [0.4, 0.5) is 0 Å². The van der Waals surface area contributed by atoms with Crippen molar-refractivity contribution in [2.45, 2.75) is 168 Å². The van der Waals surface area contributed by atoms with Gasteiger partial charge in [-0.15, -0.1) is 0 Å². The highest BCUT2D eigenvalue weighted by Crippen LogP contribution is 2.28. The molecule has 73 heavy (non-hydrogen) atoms. The second-order valence-electron chi connectivity index (χ2n) is 18.7. The van der Waals surface area contributed by atoms with E-state index in [9.17, 15) is 19.2 Å². The molecule has 0 unspecified atom stereocenters. The third-order valence-electron chi connectivity index (χ3n) is 12.6. The molecule has 0 aliphatic carbocycles. The van der Waals surface area contributed by atoms with Gasteiger partial charge in [-0.05, 0) is 132 Å². The molecule has 0 saturated heterocycles. The average molecular weight is 1060 g/mol.